The Balaban J connectivity index is 1.53. The summed E-state index contributed by atoms with van der Waals surface area (Å²) in [5.74, 6) is 1.60. The van der Waals surface area contributed by atoms with Crippen LogP contribution in [0.15, 0.2) is 48.1 Å². The Kier molecular flexibility index (Phi) is 3.59. The summed E-state index contributed by atoms with van der Waals surface area (Å²) in [6, 6.07) is 9.94. The van der Waals surface area contributed by atoms with E-state index in [9.17, 15) is 0 Å². The smallest absolute Gasteiger partial charge is 0.161 e. The minimum absolute atomic E-state index is 0.660. The maximum Gasteiger partial charge on any atom is 0.161 e. The Morgan fingerprint density at radius 1 is 0.967 bits per heavy atom. The highest BCUT2D eigenvalue weighted by molar-refractivity contribution is 7.13. The molecule has 0 aliphatic carbocycles. The number of thiophene rings is 1. The first-order valence-corrected chi connectivity index (χ1v) is 10.3. The van der Waals surface area contributed by atoms with Gasteiger partial charge in [-0.05, 0) is 36.6 Å². The number of aromatic amines is 2. The van der Waals surface area contributed by atoms with Gasteiger partial charge < -0.3 is 9.55 Å². The maximum absolute atomic E-state index is 4.87. The molecule has 0 spiro atoms. The molecule has 0 unspecified atom stereocenters. The highest BCUT2D eigenvalue weighted by Gasteiger charge is 2.18. The number of fused-ring (bicyclic) bond motifs is 2. The molecule has 0 aliphatic heterocycles. The molecular formula is C21H16N8S. The molecule has 0 amide bonds. The third-order valence-electron chi connectivity index (χ3n) is 5.27. The summed E-state index contributed by atoms with van der Waals surface area (Å²) in [7, 11) is 1.98. The first-order chi connectivity index (χ1) is 14.7. The van der Waals surface area contributed by atoms with Crippen molar-refractivity contribution in [2.45, 2.75) is 6.92 Å². The second-order valence-electron chi connectivity index (χ2n) is 7.03. The van der Waals surface area contributed by atoms with Crippen LogP contribution in [0.2, 0.25) is 0 Å². The molecule has 8 nitrogen and oxygen atoms in total. The van der Waals surface area contributed by atoms with Gasteiger partial charge in [0.1, 0.15) is 22.6 Å². The van der Waals surface area contributed by atoms with E-state index in [0.29, 0.717) is 11.5 Å². The molecule has 30 heavy (non-hydrogen) atoms. The highest BCUT2D eigenvalue weighted by atomic mass is 32.1. The molecule has 6 aromatic rings. The number of H-pyrrole nitrogens is 2. The highest BCUT2D eigenvalue weighted by Crippen LogP contribution is 2.32. The number of pyridine rings is 2. The van der Waals surface area contributed by atoms with E-state index in [0.717, 1.165) is 49.9 Å². The predicted molar refractivity (Wildman–Crippen MR) is 117 cm³/mol. The molecule has 0 atom stereocenters. The van der Waals surface area contributed by atoms with Gasteiger partial charge in [-0.1, -0.05) is 6.07 Å². The van der Waals surface area contributed by atoms with Gasteiger partial charge in [-0.2, -0.15) is 5.10 Å². The van der Waals surface area contributed by atoms with Gasteiger partial charge in [-0.15, -0.1) is 11.3 Å². The van der Waals surface area contributed by atoms with E-state index in [4.69, 9.17) is 9.97 Å². The summed E-state index contributed by atoms with van der Waals surface area (Å²) in [4.78, 5) is 23.1. The van der Waals surface area contributed by atoms with E-state index in [-0.39, 0.29) is 0 Å². The number of imidazole rings is 2. The van der Waals surface area contributed by atoms with Crippen LogP contribution in [0, 0.1) is 6.92 Å². The van der Waals surface area contributed by atoms with Crippen LogP contribution in [0.1, 0.15) is 5.82 Å². The van der Waals surface area contributed by atoms with Crippen molar-refractivity contribution in [3.8, 4) is 33.5 Å². The molecule has 6 aromatic heterocycles. The Morgan fingerprint density at radius 3 is 2.67 bits per heavy atom. The SMILES string of the molecule is Cc1ncc(-c2ccc3[nH]nc(-c4nc5c(-c6cccs6)nccc5[nH]4)c3n2)n1C. The zero-order valence-corrected chi connectivity index (χ0v) is 17.0. The Bertz CT molecular complexity index is 1520. The van der Waals surface area contributed by atoms with Crippen molar-refractivity contribution in [2.75, 3.05) is 0 Å². The van der Waals surface area contributed by atoms with E-state index < -0.39 is 0 Å². The molecule has 6 rings (SSSR count). The van der Waals surface area contributed by atoms with Crippen LogP contribution in [0.3, 0.4) is 0 Å². The minimum Gasteiger partial charge on any atom is -0.336 e. The first-order valence-electron chi connectivity index (χ1n) is 9.42. The molecule has 0 radical (unpaired) electrons. The van der Waals surface area contributed by atoms with Gasteiger partial charge >= 0.3 is 0 Å². The second-order valence-corrected chi connectivity index (χ2v) is 7.98. The molecule has 146 valence electrons. The summed E-state index contributed by atoms with van der Waals surface area (Å²) >= 11 is 1.64. The number of hydrogen-bond acceptors (Lipinski definition) is 6. The number of hydrogen-bond donors (Lipinski definition) is 2. The maximum atomic E-state index is 4.87. The molecule has 0 aliphatic rings. The fourth-order valence-corrected chi connectivity index (χ4v) is 4.31. The molecule has 2 N–H and O–H groups in total. The van der Waals surface area contributed by atoms with Crippen LogP contribution in [0.4, 0.5) is 0 Å². The van der Waals surface area contributed by atoms with Gasteiger partial charge in [-0.3, -0.25) is 10.1 Å². The van der Waals surface area contributed by atoms with Crippen LogP contribution in [0.25, 0.3) is 55.5 Å². The monoisotopic (exact) mass is 412 g/mol. The van der Waals surface area contributed by atoms with E-state index in [2.05, 4.69) is 31.2 Å². The van der Waals surface area contributed by atoms with Crippen LogP contribution in [-0.4, -0.2) is 39.7 Å². The predicted octanol–water partition coefficient (Wildman–Crippen LogP) is 4.33. The zero-order chi connectivity index (χ0) is 20.2. The fourth-order valence-electron chi connectivity index (χ4n) is 3.59. The van der Waals surface area contributed by atoms with Crippen molar-refractivity contribution in [1.82, 2.24) is 39.7 Å². The van der Waals surface area contributed by atoms with Crippen LogP contribution >= 0.6 is 11.3 Å². The fraction of sp³-hybridized carbons (Fsp3) is 0.0952. The van der Waals surface area contributed by atoms with Crippen molar-refractivity contribution in [3.05, 3.63) is 53.9 Å². The average Bonchev–Trinajstić information content (AvgIpc) is 3.54. The molecule has 0 aromatic carbocycles. The normalized spacial score (nSPS) is 11.7. The Morgan fingerprint density at radius 2 is 1.87 bits per heavy atom. The van der Waals surface area contributed by atoms with Crippen molar-refractivity contribution >= 4 is 33.4 Å². The van der Waals surface area contributed by atoms with E-state index >= 15 is 0 Å². The van der Waals surface area contributed by atoms with E-state index in [1.54, 1.807) is 17.5 Å². The summed E-state index contributed by atoms with van der Waals surface area (Å²) in [5.41, 5.74) is 6.69. The third kappa shape index (κ3) is 2.49. The molecule has 6 heterocycles. The molecule has 9 heteroatoms. The van der Waals surface area contributed by atoms with Crippen molar-refractivity contribution < 1.29 is 0 Å². The summed E-state index contributed by atoms with van der Waals surface area (Å²) in [6.45, 7) is 1.97. The number of nitrogens with zero attached hydrogens (tertiary/aromatic N) is 6. The van der Waals surface area contributed by atoms with Crippen LogP contribution < -0.4 is 0 Å². The summed E-state index contributed by atoms with van der Waals surface area (Å²) in [6.07, 6.45) is 3.63. The topological polar surface area (TPSA) is 101 Å². The van der Waals surface area contributed by atoms with E-state index in [1.165, 1.54) is 0 Å². The lowest BCUT2D eigenvalue weighted by atomic mass is 10.2. The quantitative estimate of drug-likeness (QED) is 0.450. The van der Waals surface area contributed by atoms with Gasteiger partial charge in [-0.25, -0.2) is 15.0 Å². The molecule has 0 saturated heterocycles. The zero-order valence-electron chi connectivity index (χ0n) is 16.2. The standard InChI is InChI=1S/C21H16N8S/c1-11-23-10-15(29(11)2)12-5-6-14-18(24-12)20(28-27-14)21-25-13-7-8-22-19(17(13)26-21)16-4-3-9-30-16/h3-10H,1-2H3,(H,25,26)(H,27,28). The molecular weight excluding hydrogens is 396 g/mol. The number of nitrogens with one attached hydrogen (secondary N) is 2. The van der Waals surface area contributed by atoms with Gasteiger partial charge in [0.15, 0.2) is 11.5 Å². The number of rotatable bonds is 3. The summed E-state index contributed by atoms with van der Waals surface area (Å²) < 4.78 is 2.02. The van der Waals surface area contributed by atoms with E-state index in [1.807, 2.05) is 54.4 Å². The third-order valence-corrected chi connectivity index (χ3v) is 6.15. The molecule has 0 bridgehead atoms. The second kappa shape index (κ2) is 6.33. The van der Waals surface area contributed by atoms with Gasteiger partial charge in [0, 0.05) is 13.2 Å². The lowest BCUT2D eigenvalue weighted by Gasteiger charge is -2.03. The van der Waals surface area contributed by atoms with Gasteiger partial charge in [0.05, 0.1) is 33.5 Å². The number of aryl methyl sites for hydroxylation is 1. The van der Waals surface area contributed by atoms with Crippen molar-refractivity contribution in [3.63, 3.8) is 0 Å². The lowest BCUT2D eigenvalue weighted by Crippen LogP contribution is -1.96. The average molecular weight is 412 g/mol. The Labute approximate surface area is 174 Å². The first kappa shape index (κ1) is 17.0. The van der Waals surface area contributed by atoms with Gasteiger partial charge in [0.2, 0.25) is 0 Å². The van der Waals surface area contributed by atoms with Crippen LogP contribution in [0.5, 0.6) is 0 Å². The lowest BCUT2D eigenvalue weighted by molar-refractivity contribution is 0.862. The molecule has 0 fully saturated rings. The molecule has 0 saturated carbocycles. The minimum atomic E-state index is 0.660. The number of aromatic nitrogens is 8. The summed E-state index contributed by atoms with van der Waals surface area (Å²) in [5, 5.41) is 9.60. The van der Waals surface area contributed by atoms with Crippen molar-refractivity contribution in [2.24, 2.45) is 7.05 Å². The van der Waals surface area contributed by atoms with Crippen LogP contribution in [-0.2, 0) is 7.05 Å². The van der Waals surface area contributed by atoms with Crippen molar-refractivity contribution in [1.29, 1.82) is 0 Å². The van der Waals surface area contributed by atoms with Gasteiger partial charge in [0.25, 0.3) is 0 Å². The Hall–Kier alpha value is -3.85. The largest absolute Gasteiger partial charge is 0.336 e.